The Morgan fingerprint density at radius 2 is 1.84 bits per heavy atom. The van der Waals surface area contributed by atoms with E-state index in [1.807, 2.05) is 42.5 Å². The summed E-state index contributed by atoms with van der Waals surface area (Å²) in [6.07, 6.45) is 0. The third kappa shape index (κ3) is 5.49. The molecule has 0 atom stereocenters. The first-order chi connectivity index (χ1) is 15.2. The van der Waals surface area contributed by atoms with E-state index in [4.69, 9.17) is 14.2 Å². The van der Waals surface area contributed by atoms with Crippen molar-refractivity contribution >= 4 is 17.4 Å². The molecule has 0 aliphatic carbocycles. The maximum Gasteiger partial charge on any atom is 0.262 e. The van der Waals surface area contributed by atoms with Gasteiger partial charge in [-0.1, -0.05) is 18.2 Å². The smallest absolute Gasteiger partial charge is 0.262 e. The van der Waals surface area contributed by atoms with Crippen molar-refractivity contribution in [2.45, 2.75) is 0 Å². The molecule has 0 spiro atoms. The quantitative estimate of drug-likeness (QED) is 0.629. The summed E-state index contributed by atoms with van der Waals surface area (Å²) >= 11 is 0. The van der Waals surface area contributed by atoms with E-state index < -0.39 is 0 Å². The lowest BCUT2D eigenvalue weighted by molar-refractivity contribution is -0.118. The number of amides is 1. The average Bonchev–Trinajstić information content (AvgIpc) is 2.84. The van der Waals surface area contributed by atoms with Crippen molar-refractivity contribution < 1.29 is 19.0 Å². The number of anilines is 2. The first kappa shape index (κ1) is 20.6. The van der Waals surface area contributed by atoms with Crippen LogP contribution in [0.5, 0.6) is 11.5 Å². The Kier molecular flexibility index (Phi) is 6.59. The molecule has 1 saturated heterocycles. The van der Waals surface area contributed by atoms with Gasteiger partial charge in [-0.2, -0.15) is 0 Å². The molecule has 1 aliphatic rings. The highest BCUT2D eigenvalue weighted by Crippen LogP contribution is 2.23. The molecule has 0 unspecified atom stereocenters. The third-order valence-electron chi connectivity index (χ3n) is 4.84. The minimum Gasteiger partial charge on any atom is -0.497 e. The van der Waals surface area contributed by atoms with Crippen molar-refractivity contribution in [1.82, 2.24) is 10.2 Å². The summed E-state index contributed by atoms with van der Waals surface area (Å²) in [7, 11) is 1.58. The van der Waals surface area contributed by atoms with Gasteiger partial charge in [0.2, 0.25) is 0 Å². The molecule has 0 radical (unpaired) electrons. The summed E-state index contributed by atoms with van der Waals surface area (Å²) in [6, 6.07) is 18.5. The van der Waals surface area contributed by atoms with Gasteiger partial charge in [0.1, 0.15) is 11.5 Å². The van der Waals surface area contributed by atoms with Gasteiger partial charge in [0.15, 0.2) is 12.4 Å². The molecule has 160 valence electrons. The SMILES string of the molecule is COc1cccc(OCC(=O)Nc2cccc(-c3ccc(N4CCOCC4)nn3)c2)c1. The van der Waals surface area contributed by atoms with E-state index in [2.05, 4.69) is 20.4 Å². The van der Waals surface area contributed by atoms with Crippen molar-refractivity contribution in [2.24, 2.45) is 0 Å². The number of nitrogens with one attached hydrogen (secondary N) is 1. The van der Waals surface area contributed by atoms with E-state index in [1.165, 1.54) is 0 Å². The molecule has 1 amide bonds. The minimum atomic E-state index is -0.256. The van der Waals surface area contributed by atoms with E-state index in [0.29, 0.717) is 30.4 Å². The van der Waals surface area contributed by atoms with Gasteiger partial charge in [0, 0.05) is 30.4 Å². The number of carbonyl (C=O) groups excluding carboxylic acids is 1. The van der Waals surface area contributed by atoms with E-state index in [-0.39, 0.29) is 12.5 Å². The normalized spacial score (nSPS) is 13.5. The topological polar surface area (TPSA) is 85.8 Å². The largest absolute Gasteiger partial charge is 0.497 e. The lowest BCUT2D eigenvalue weighted by Crippen LogP contribution is -2.36. The molecule has 4 rings (SSSR count). The van der Waals surface area contributed by atoms with Gasteiger partial charge in [-0.25, -0.2) is 0 Å². The van der Waals surface area contributed by atoms with Gasteiger partial charge in [-0.3, -0.25) is 4.79 Å². The maximum absolute atomic E-state index is 12.3. The van der Waals surface area contributed by atoms with Crippen molar-refractivity contribution in [1.29, 1.82) is 0 Å². The van der Waals surface area contributed by atoms with Gasteiger partial charge in [-0.05, 0) is 36.4 Å². The van der Waals surface area contributed by atoms with Crippen LogP contribution in [0.25, 0.3) is 11.3 Å². The van der Waals surface area contributed by atoms with Gasteiger partial charge in [-0.15, -0.1) is 10.2 Å². The molecule has 1 aliphatic heterocycles. The molecule has 8 nitrogen and oxygen atoms in total. The second kappa shape index (κ2) is 9.90. The predicted octanol–water partition coefficient (Wildman–Crippen LogP) is 3.01. The molecule has 31 heavy (non-hydrogen) atoms. The molecular weight excluding hydrogens is 396 g/mol. The van der Waals surface area contributed by atoms with Crippen molar-refractivity contribution in [3.05, 3.63) is 60.7 Å². The molecule has 1 aromatic heterocycles. The van der Waals surface area contributed by atoms with E-state index >= 15 is 0 Å². The fourth-order valence-corrected chi connectivity index (χ4v) is 3.23. The predicted molar refractivity (Wildman–Crippen MR) is 118 cm³/mol. The molecule has 3 aromatic rings. The van der Waals surface area contributed by atoms with Crippen LogP contribution in [0, 0.1) is 0 Å². The zero-order chi connectivity index (χ0) is 21.5. The number of aromatic nitrogens is 2. The second-order valence-electron chi connectivity index (χ2n) is 6.97. The van der Waals surface area contributed by atoms with Crippen LogP contribution in [-0.2, 0) is 9.53 Å². The van der Waals surface area contributed by atoms with E-state index in [1.54, 1.807) is 25.3 Å². The second-order valence-corrected chi connectivity index (χ2v) is 6.97. The van der Waals surface area contributed by atoms with Crippen LogP contribution in [0.4, 0.5) is 11.5 Å². The van der Waals surface area contributed by atoms with Gasteiger partial charge < -0.3 is 24.4 Å². The summed E-state index contributed by atoms with van der Waals surface area (Å²) in [5.74, 6) is 1.82. The summed E-state index contributed by atoms with van der Waals surface area (Å²) < 4.78 is 16.1. The number of benzene rings is 2. The first-order valence-corrected chi connectivity index (χ1v) is 10.0. The fraction of sp³-hybridized carbons (Fsp3) is 0.261. The number of carbonyl (C=O) groups is 1. The molecule has 1 N–H and O–H groups in total. The number of rotatable bonds is 7. The zero-order valence-corrected chi connectivity index (χ0v) is 17.3. The highest BCUT2D eigenvalue weighted by Gasteiger charge is 2.13. The lowest BCUT2D eigenvalue weighted by atomic mass is 10.1. The molecule has 0 saturated carbocycles. The molecular formula is C23H24N4O4. The Morgan fingerprint density at radius 1 is 1.03 bits per heavy atom. The third-order valence-corrected chi connectivity index (χ3v) is 4.84. The van der Waals surface area contributed by atoms with Gasteiger partial charge in [0.25, 0.3) is 5.91 Å². The molecule has 2 heterocycles. The van der Waals surface area contributed by atoms with Crippen LogP contribution >= 0.6 is 0 Å². The number of hydrogen-bond acceptors (Lipinski definition) is 7. The Hall–Kier alpha value is -3.65. The molecule has 1 fully saturated rings. The van der Waals surface area contributed by atoms with Crippen molar-refractivity contribution in [3.63, 3.8) is 0 Å². The number of morpholine rings is 1. The number of methoxy groups -OCH3 is 1. The monoisotopic (exact) mass is 420 g/mol. The van der Waals surface area contributed by atoms with Crippen LogP contribution < -0.4 is 19.7 Å². The summed E-state index contributed by atoms with van der Waals surface area (Å²) in [5, 5.41) is 11.6. The minimum absolute atomic E-state index is 0.106. The van der Waals surface area contributed by atoms with Crippen molar-refractivity contribution in [2.75, 3.05) is 50.2 Å². The fourth-order valence-electron chi connectivity index (χ4n) is 3.23. The summed E-state index contributed by atoms with van der Waals surface area (Å²) in [4.78, 5) is 14.4. The Morgan fingerprint density at radius 3 is 2.61 bits per heavy atom. The van der Waals surface area contributed by atoms with Crippen molar-refractivity contribution in [3.8, 4) is 22.8 Å². The Bertz CT molecular complexity index is 1020. The number of hydrogen-bond donors (Lipinski definition) is 1. The highest BCUT2D eigenvalue weighted by molar-refractivity contribution is 5.92. The van der Waals surface area contributed by atoms with Crippen LogP contribution in [0.3, 0.4) is 0 Å². The van der Waals surface area contributed by atoms with E-state index in [9.17, 15) is 4.79 Å². The standard InChI is InChI=1S/C23H24N4O4/c1-29-19-6-3-7-20(15-19)31-16-23(28)24-18-5-2-4-17(14-18)21-8-9-22(26-25-21)27-10-12-30-13-11-27/h2-9,14-15H,10-13,16H2,1H3,(H,24,28). The van der Waals surface area contributed by atoms with Crippen LogP contribution in [-0.4, -0.2) is 56.1 Å². The van der Waals surface area contributed by atoms with Crippen LogP contribution in [0.2, 0.25) is 0 Å². The number of nitrogens with zero attached hydrogens (tertiary/aromatic N) is 3. The van der Waals surface area contributed by atoms with Gasteiger partial charge >= 0.3 is 0 Å². The lowest BCUT2D eigenvalue weighted by Gasteiger charge is -2.27. The van der Waals surface area contributed by atoms with Crippen LogP contribution in [0.15, 0.2) is 60.7 Å². The molecule has 8 heteroatoms. The zero-order valence-electron chi connectivity index (χ0n) is 17.3. The van der Waals surface area contributed by atoms with E-state index in [0.717, 1.165) is 30.2 Å². The Balaban J connectivity index is 1.36. The average molecular weight is 420 g/mol. The molecule has 0 bridgehead atoms. The first-order valence-electron chi connectivity index (χ1n) is 10.0. The Labute approximate surface area is 180 Å². The summed E-state index contributed by atoms with van der Waals surface area (Å²) in [5.41, 5.74) is 2.27. The van der Waals surface area contributed by atoms with Crippen LogP contribution in [0.1, 0.15) is 0 Å². The summed E-state index contributed by atoms with van der Waals surface area (Å²) in [6.45, 7) is 2.92. The number of ether oxygens (including phenoxy) is 3. The molecule has 2 aromatic carbocycles. The van der Waals surface area contributed by atoms with Gasteiger partial charge in [0.05, 0.1) is 26.0 Å². The highest BCUT2D eigenvalue weighted by atomic mass is 16.5. The maximum atomic E-state index is 12.3.